The van der Waals surface area contributed by atoms with Crippen LogP contribution < -0.4 is 10.6 Å². The van der Waals surface area contributed by atoms with Crippen molar-refractivity contribution in [3.05, 3.63) is 59.1 Å². The minimum absolute atomic E-state index is 0.0321. The Balaban J connectivity index is 1.41. The van der Waals surface area contributed by atoms with Gasteiger partial charge in [-0.25, -0.2) is 9.37 Å². The molecule has 0 saturated carbocycles. The van der Waals surface area contributed by atoms with Crippen molar-refractivity contribution in [1.82, 2.24) is 25.0 Å². The number of piperazine rings is 1. The fourth-order valence-electron chi connectivity index (χ4n) is 4.10. The molecule has 0 spiro atoms. The number of hydrogen-bond donors (Lipinski definition) is 3. The lowest BCUT2D eigenvalue weighted by molar-refractivity contribution is -0.116. The van der Waals surface area contributed by atoms with Crippen molar-refractivity contribution in [2.75, 3.05) is 50.5 Å². The molecule has 3 aromatic rings. The Bertz CT molecular complexity index is 1230. The summed E-state index contributed by atoms with van der Waals surface area (Å²) in [7, 11) is 2.03. The number of amides is 1. The van der Waals surface area contributed by atoms with Crippen molar-refractivity contribution >= 4 is 34.7 Å². The lowest BCUT2D eigenvalue weighted by atomic mass is 10.1. The maximum Gasteiger partial charge on any atom is 0.226 e. The van der Waals surface area contributed by atoms with Crippen molar-refractivity contribution < 1.29 is 14.3 Å². The van der Waals surface area contributed by atoms with Gasteiger partial charge in [0.25, 0.3) is 0 Å². The van der Waals surface area contributed by atoms with Crippen molar-refractivity contribution in [3.63, 3.8) is 0 Å². The number of aryl methyl sites for hydroxylation is 1. The highest BCUT2D eigenvalue weighted by atomic mass is 35.5. The Morgan fingerprint density at radius 2 is 2.06 bits per heavy atom. The number of benzene rings is 1. The second kappa shape index (κ2) is 11.7. The molecule has 0 bridgehead atoms. The molecular weight excluding hydrogens is 485 g/mol. The summed E-state index contributed by atoms with van der Waals surface area (Å²) in [5.74, 6) is -0.196. The van der Waals surface area contributed by atoms with Crippen molar-refractivity contribution in [2.24, 2.45) is 0 Å². The van der Waals surface area contributed by atoms with Gasteiger partial charge in [0, 0.05) is 67.2 Å². The maximum absolute atomic E-state index is 14.3. The smallest absolute Gasteiger partial charge is 0.226 e. The zero-order chi connectivity index (χ0) is 25.7. The molecule has 0 aliphatic carbocycles. The van der Waals surface area contributed by atoms with E-state index >= 15 is 0 Å². The standard InChI is InChI=1S/C25H29ClFN7O2/c1-16-22(13-23(32-31-16)20-11-17(26)3-4-21(20)27)29-18-5-7-28-24(12-18)30-25(36)6-8-34-10-9-33(2)14-19(34)15-35/h3-5,7,11-13,19,35H,6,8-10,14-15H2,1-2H3,(H2,28,29,30,32,36). The number of nitrogens with zero attached hydrogens (tertiary/aromatic N) is 5. The summed E-state index contributed by atoms with van der Waals surface area (Å²) in [5, 5.41) is 24.4. The molecule has 4 rings (SSSR count). The molecule has 11 heteroatoms. The van der Waals surface area contributed by atoms with Crippen LogP contribution in [0.3, 0.4) is 0 Å². The maximum atomic E-state index is 14.3. The van der Waals surface area contributed by atoms with E-state index in [2.05, 4.69) is 35.6 Å². The van der Waals surface area contributed by atoms with Crippen LogP contribution in [-0.2, 0) is 4.79 Å². The van der Waals surface area contributed by atoms with E-state index < -0.39 is 5.82 Å². The van der Waals surface area contributed by atoms with E-state index in [4.69, 9.17) is 11.6 Å². The van der Waals surface area contributed by atoms with Crippen LogP contribution in [0.5, 0.6) is 0 Å². The largest absolute Gasteiger partial charge is 0.395 e. The quantitative estimate of drug-likeness (QED) is 0.421. The second-order valence-corrected chi connectivity index (χ2v) is 9.28. The average molecular weight is 514 g/mol. The van der Waals surface area contributed by atoms with Crippen LogP contribution in [0.1, 0.15) is 12.1 Å². The number of halogens is 2. The molecule has 0 radical (unpaired) electrons. The number of hydrogen-bond acceptors (Lipinski definition) is 8. The van der Waals surface area contributed by atoms with Gasteiger partial charge in [-0.1, -0.05) is 11.6 Å². The molecule has 2 aromatic heterocycles. The van der Waals surface area contributed by atoms with E-state index in [0.29, 0.717) is 46.6 Å². The van der Waals surface area contributed by atoms with Crippen molar-refractivity contribution in [3.8, 4) is 11.3 Å². The first kappa shape index (κ1) is 25.9. The minimum atomic E-state index is -0.445. The number of likely N-dealkylation sites (N-methyl/N-ethyl adjacent to an activating group) is 1. The predicted octanol–water partition coefficient (Wildman–Crippen LogP) is 3.32. The van der Waals surface area contributed by atoms with Crippen LogP contribution in [-0.4, -0.2) is 81.9 Å². The molecule has 1 fully saturated rings. The van der Waals surface area contributed by atoms with Gasteiger partial charge in [-0.15, -0.1) is 0 Å². The first-order chi connectivity index (χ1) is 17.3. The molecule has 1 amide bonds. The van der Waals surface area contributed by atoms with Crippen molar-refractivity contribution in [1.29, 1.82) is 0 Å². The first-order valence-electron chi connectivity index (χ1n) is 11.7. The topological polar surface area (TPSA) is 107 Å². The fourth-order valence-corrected chi connectivity index (χ4v) is 4.28. The number of nitrogens with one attached hydrogen (secondary N) is 2. The lowest BCUT2D eigenvalue weighted by Gasteiger charge is -2.39. The third-order valence-corrected chi connectivity index (χ3v) is 6.37. The second-order valence-electron chi connectivity index (χ2n) is 8.84. The number of pyridine rings is 1. The van der Waals surface area contributed by atoms with Crippen LogP contribution in [0.4, 0.5) is 21.6 Å². The molecule has 1 aromatic carbocycles. The highest BCUT2D eigenvalue weighted by Gasteiger charge is 2.24. The highest BCUT2D eigenvalue weighted by molar-refractivity contribution is 6.30. The molecule has 3 heterocycles. The molecule has 190 valence electrons. The van der Waals surface area contributed by atoms with Gasteiger partial charge in [0.05, 0.1) is 23.7 Å². The van der Waals surface area contributed by atoms with E-state index in [1.165, 1.54) is 18.2 Å². The summed E-state index contributed by atoms with van der Waals surface area (Å²) in [4.78, 5) is 21.1. The van der Waals surface area contributed by atoms with E-state index in [0.717, 1.165) is 19.6 Å². The van der Waals surface area contributed by atoms with E-state index in [9.17, 15) is 14.3 Å². The van der Waals surface area contributed by atoms with Crippen LogP contribution in [0.25, 0.3) is 11.3 Å². The van der Waals surface area contributed by atoms with Gasteiger partial charge in [0.1, 0.15) is 11.6 Å². The van der Waals surface area contributed by atoms with E-state index in [1.807, 2.05) is 7.05 Å². The van der Waals surface area contributed by atoms with E-state index in [-0.39, 0.29) is 24.1 Å². The van der Waals surface area contributed by atoms with Gasteiger partial charge in [-0.2, -0.15) is 10.2 Å². The summed E-state index contributed by atoms with van der Waals surface area (Å²) in [6.07, 6.45) is 1.88. The predicted molar refractivity (Wildman–Crippen MR) is 138 cm³/mol. The molecule has 1 aliphatic rings. The first-order valence-corrected chi connectivity index (χ1v) is 12.1. The van der Waals surface area contributed by atoms with Crippen LogP contribution in [0, 0.1) is 12.7 Å². The Labute approximate surface area is 214 Å². The highest BCUT2D eigenvalue weighted by Crippen LogP contribution is 2.28. The number of aromatic nitrogens is 3. The minimum Gasteiger partial charge on any atom is -0.395 e. The van der Waals surface area contributed by atoms with Gasteiger partial charge >= 0.3 is 0 Å². The van der Waals surface area contributed by atoms with E-state index in [1.54, 1.807) is 31.3 Å². The number of aliphatic hydroxyl groups is 1. The van der Waals surface area contributed by atoms with Crippen LogP contribution in [0.15, 0.2) is 42.6 Å². The van der Waals surface area contributed by atoms with Gasteiger partial charge < -0.3 is 20.6 Å². The van der Waals surface area contributed by atoms with Gasteiger partial charge in [0.2, 0.25) is 5.91 Å². The van der Waals surface area contributed by atoms with Crippen LogP contribution in [0.2, 0.25) is 5.02 Å². The fraction of sp³-hybridized carbons (Fsp3) is 0.360. The normalized spacial score (nSPS) is 16.6. The number of rotatable bonds is 8. The molecule has 36 heavy (non-hydrogen) atoms. The Kier molecular flexibility index (Phi) is 8.42. The Hall–Kier alpha value is -3.18. The zero-order valence-corrected chi connectivity index (χ0v) is 21.0. The summed E-state index contributed by atoms with van der Waals surface area (Å²) >= 11 is 6.03. The summed E-state index contributed by atoms with van der Waals surface area (Å²) in [6, 6.07) is 9.47. The van der Waals surface area contributed by atoms with Gasteiger partial charge in [-0.05, 0) is 44.3 Å². The molecule has 1 atom stereocenters. The number of carbonyl (C=O) groups is 1. The molecule has 3 N–H and O–H groups in total. The average Bonchev–Trinajstić information content (AvgIpc) is 2.86. The third-order valence-electron chi connectivity index (χ3n) is 6.13. The molecule has 1 aliphatic heterocycles. The van der Waals surface area contributed by atoms with Gasteiger partial charge in [-0.3, -0.25) is 9.69 Å². The van der Waals surface area contributed by atoms with Crippen molar-refractivity contribution in [2.45, 2.75) is 19.4 Å². The summed E-state index contributed by atoms with van der Waals surface area (Å²) in [5.41, 5.74) is 2.52. The van der Waals surface area contributed by atoms with Gasteiger partial charge in [0.15, 0.2) is 0 Å². The molecule has 1 unspecified atom stereocenters. The lowest BCUT2D eigenvalue weighted by Crippen LogP contribution is -2.53. The molecular formula is C25H29ClFN7O2. The number of anilines is 3. The number of carbonyl (C=O) groups excluding carboxylic acids is 1. The number of aliphatic hydroxyl groups excluding tert-OH is 1. The Morgan fingerprint density at radius 3 is 2.86 bits per heavy atom. The SMILES string of the molecule is Cc1nnc(-c2cc(Cl)ccc2F)cc1Nc1ccnc(NC(=O)CCN2CCN(C)CC2CO)c1. The summed E-state index contributed by atoms with van der Waals surface area (Å²) < 4.78 is 14.3. The monoisotopic (exact) mass is 513 g/mol. The Morgan fingerprint density at radius 1 is 1.22 bits per heavy atom. The zero-order valence-electron chi connectivity index (χ0n) is 20.2. The molecule has 1 saturated heterocycles. The van der Waals surface area contributed by atoms with Crippen LogP contribution >= 0.6 is 11.6 Å². The molecule has 9 nitrogen and oxygen atoms in total. The third kappa shape index (κ3) is 6.52. The summed E-state index contributed by atoms with van der Waals surface area (Å²) in [6.45, 7) is 4.91.